The molecule has 126 valence electrons. The van der Waals surface area contributed by atoms with Gasteiger partial charge in [-0.05, 0) is 38.3 Å². The Morgan fingerprint density at radius 2 is 2.12 bits per heavy atom. The van der Waals surface area contributed by atoms with Crippen molar-refractivity contribution in [1.29, 1.82) is 0 Å². The van der Waals surface area contributed by atoms with Crippen molar-refractivity contribution >= 4 is 35.0 Å². The molecule has 1 aliphatic rings. The highest BCUT2D eigenvalue weighted by Crippen LogP contribution is 2.33. The van der Waals surface area contributed by atoms with Gasteiger partial charge in [-0.2, -0.15) is 0 Å². The van der Waals surface area contributed by atoms with E-state index < -0.39 is 5.82 Å². The van der Waals surface area contributed by atoms with Gasteiger partial charge in [0.05, 0.1) is 12.2 Å². The SMILES string of the molecule is CSc1ncc2c(n1)N(C(C)C)C(=O)N(c1ccc(F)c(N)c1)C2. The Labute approximate surface area is 143 Å². The number of carbonyl (C=O) groups excluding carboxylic acids is 1. The van der Waals surface area contributed by atoms with Crippen molar-refractivity contribution in [3.63, 3.8) is 0 Å². The minimum absolute atomic E-state index is 0.0103. The van der Waals surface area contributed by atoms with Crippen molar-refractivity contribution in [2.75, 3.05) is 21.8 Å². The smallest absolute Gasteiger partial charge is 0.330 e. The van der Waals surface area contributed by atoms with Gasteiger partial charge in [-0.3, -0.25) is 9.80 Å². The number of thioether (sulfide) groups is 1. The van der Waals surface area contributed by atoms with Gasteiger partial charge in [-0.25, -0.2) is 19.2 Å². The molecule has 0 unspecified atom stereocenters. The molecule has 8 heteroatoms. The Hall–Kier alpha value is -2.35. The third-order valence-electron chi connectivity index (χ3n) is 3.80. The van der Waals surface area contributed by atoms with Gasteiger partial charge >= 0.3 is 6.03 Å². The van der Waals surface area contributed by atoms with Gasteiger partial charge in [0.1, 0.15) is 11.6 Å². The number of nitrogens with two attached hydrogens (primary N) is 1. The number of hydrogen-bond acceptors (Lipinski definition) is 5. The Balaban J connectivity index is 2.08. The first-order chi connectivity index (χ1) is 11.4. The van der Waals surface area contributed by atoms with Crippen LogP contribution in [0, 0.1) is 5.82 Å². The van der Waals surface area contributed by atoms with Crippen molar-refractivity contribution in [3.8, 4) is 0 Å². The van der Waals surface area contributed by atoms with Crippen LogP contribution in [-0.2, 0) is 6.54 Å². The minimum atomic E-state index is -0.503. The standard InChI is InChI=1S/C16H18FN5OS/c1-9(2)22-14-10(7-19-15(20-14)24-3)8-21(16(22)23)11-4-5-12(17)13(18)6-11/h4-7,9H,8,18H2,1-3H3. The van der Waals surface area contributed by atoms with E-state index in [4.69, 9.17) is 5.73 Å². The molecule has 2 N–H and O–H groups in total. The normalized spacial score (nSPS) is 14.3. The van der Waals surface area contributed by atoms with Crippen LogP contribution < -0.4 is 15.5 Å². The number of nitrogens with zero attached hydrogens (tertiary/aromatic N) is 4. The summed E-state index contributed by atoms with van der Waals surface area (Å²) in [5, 5.41) is 0.617. The van der Waals surface area contributed by atoms with Crippen LogP contribution in [0.1, 0.15) is 19.4 Å². The minimum Gasteiger partial charge on any atom is -0.396 e. The van der Waals surface area contributed by atoms with Gasteiger partial charge < -0.3 is 5.73 Å². The molecule has 0 saturated heterocycles. The number of benzene rings is 1. The number of urea groups is 1. The Kier molecular flexibility index (Phi) is 4.31. The zero-order valence-corrected chi connectivity index (χ0v) is 14.5. The van der Waals surface area contributed by atoms with Crippen molar-refractivity contribution in [1.82, 2.24) is 9.97 Å². The number of nitrogen functional groups attached to an aromatic ring is 1. The van der Waals surface area contributed by atoms with E-state index in [0.717, 1.165) is 5.56 Å². The van der Waals surface area contributed by atoms with Crippen molar-refractivity contribution in [3.05, 3.63) is 35.8 Å². The lowest BCUT2D eigenvalue weighted by Gasteiger charge is -2.38. The predicted molar refractivity (Wildman–Crippen MR) is 93.8 cm³/mol. The molecule has 2 heterocycles. The molecule has 1 aromatic carbocycles. The lowest BCUT2D eigenvalue weighted by Crippen LogP contribution is -2.51. The quantitative estimate of drug-likeness (QED) is 0.524. The maximum absolute atomic E-state index is 13.4. The van der Waals surface area contributed by atoms with Crippen molar-refractivity contribution in [2.24, 2.45) is 0 Å². The average molecular weight is 347 g/mol. The summed E-state index contributed by atoms with van der Waals surface area (Å²) in [6, 6.07) is 3.98. The van der Waals surface area contributed by atoms with Gasteiger partial charge in [-0.1, -0.05) is 11.8 Å². The molecule has 3 rings (SSSR count). The molecule has 2 amide bonds. The number of amides is 2. The number of fused-ring (bicyclic) bond motifs is 1. The summed E-state index contributed by atoms with van der Waals surface area (Å²) in [6.07, 6.45) is 3.62. The molecular weight excluding hydrogens is 329 g/mol. The van der Waals surface area contributed by atoms with Gasteiger partial charge in [0.15, 0.2) is 5.16 Å². The van der Waals surface area contributed by atoms with E-state index in [1.807, 2.05) is 20.1 Å². The maximum atomic E-state index is 13.4. The van der Waals surface area contributed by atoms with Gasteiger partial charge in [0.2, 0.25) is 0 Å². The van der Waals surface area contributed by atoms with Crippen molar-refractivity contribution < 1.29 is 9.18 Å². The molecule has 24 heavy (non-hydrogen) atoms. The number of anilines is 3. The van der Waals surface area contributed by atoms with Crippen LogP contribution in [-0.4, -0.2) is 28.3 Å². The molecule has 0 atom stereocenters. The first kappa shape index (κ1) is 16.5. The van der Waals surface area contributed by atoms with E-state index in [1.165, 1.54) is 23.9 Å². The van der Waals surface area contributed by atoms with Crippen LogP contribution in [0.4, 0.5) is 26.4 Å². The first-order valence-corrected chi connectivity index (χ1v) is 8.70. The summed E-state index contributed by atoms with van der Waals surface area (Å²) < 4.78 is 13.4. The molecule has 6 nitrogen and oxygen atoms in total. The molecule has 1 aliphatic heterocycles. The highest BCUT2D eigenvalue weighted by atomic mass is 32.2. The predicted octanol–water partition coefficient (Wildman–Crippen LogP) is 3.27. The van der Waals surface area contributed by atoms with Crippen LogP contribution in [0.25, 0.3) is 0 Å². The number of hydrogen-bond donors (Lipinski definition) is 1. The van der Waals surface area contributed by atoms with Gasteiger partial charge in [-0.15, -0.1) is 0 Å². The van der Waals surface area contributed by atoms with Crippen LogP contribution in [0.2, 0.25) is 0 Å². The molecule has 0 bridgehead atoms. The molecule has 0 saturated carbocycles. The maximum Gasteiger partial charge on any atom is 0.330 e. The second kappa shape index (κ2) is 6.27. The molecule has 0 fully saturated rings. The Morgan fingerprint density at radius 1 is 1.38 bits per heavy atom. The fourth-order valence-electron chi connectivity index (χ4n) is 2.63. The highest BCUT2D eigenvalue weighted by Gasteiger charge is 2.34. The molecule has 0 radical (unpaired) electrons. The van der Waals surface area contributed by atoms with Crippen LogP contribution >= 0.6 is 11.8 Å². The molecular formula is C16H18FN5OS. The monoisotopic (exact) mass is 347 g/mol. The zero-order chi connectivity index (χ0) is 17.4. The van der Waals surface area contributed by atoms with Crippen LogP contribution in [0.5, 0.6) is 0 Å². The lowest BCUT2D eigenvalue weighted by molar-refractivity contribution is 0.248. The fourth-order valence-corrected chi connectivity index (χ4v) is 2.96. The van der Waals surface area contributed by atoms with Gasteiger partial charge in [0.25, 0.3) is 0 Å². The van der Waals surface area contributed by atoms with Crippen LogP contribution in [0.3, 0.4) is 0 Å². The molecule has 0 aliphatic carbocycles. The number of halogens is 1. The second-order valence-corrected chi connectivity index (χ2v) is 6.52. The third kappa shape index (κ3) is 2.77. The summed E-state index contributed by atoms with van der Waals surface area (Å²) in [5.74, 6) is 0.123. The first-order valence-electron chi connectivity index (χ1n) is 7.48. The summed E-state index contributed by atoms with van der Waals surface area (Å²) >= 11 is 1.43. The van der Waals surface area contributed by atoms with Gasteiger partial charge in [0, 0.05) is 23.5 Å². The molecule has 1 aromatic heterocycles. The zero-order valence-electron chi connectivity index (χ0n) is 13.7. The van der Waals surface area contributed by atoms with E-state index >= 15 is 0 Å². The second-order valence-electron chi connectivity index (χ2n) is 5.74. The van der Waals surface area contributed by atoms with E-state index in [9.17, 15) is 9.18 Å². The summed E-state index contributed by atoms with van der Waals surface area (Å²) in [6.45, 7) is 4.16. The van der Waals surface area contributed by atoms with Crippen molar-refractivity contribution in [2.45, 2.75) is 31.6 Å². The summed E-state index contributed by atoms with van der Waals surface area (Å²) in [7, 11) is 0. The van der Waals surface area contributed by atoms with E-state index in [1.54, 1.807) is 22.1 Å². The third-order valence-corrected chi connectivity index (χ3v) is 4.37. The van der Waals surface area contributed by atoms with E-state index in [0.29, 0.717) is 23.2 Å². The number of aromatic nitrogens is 2. The van der Waals surface area contributed by atoms with E-state index in [2.05, 4.69) is 9.97 Å². The molecule has 2 aromatic rings. The molecule has 0 spiro atoms. The highest BCUT2D eigenvalue weighted by molar-refractivity contribution is 7.98. The van der Waals surface area contributed by atoms with Crippen LogP contribution in [0.15, 0.2) is 29.6 Å². The average Bonchev–Trinajstić information content (AvgIpc) is 2.56. The van der Waals surface area contributed by atoms with E-state index in [-0.39, 0.29) is 17.8 Å². The number of carbonyl (C=O) groups is 1. The Bertz CT molecular complexity index is 798. The largest absolute Gasteiger partial charge is 0.396 e. The summed E-state index contributed by atoms with van der Waals surface area (Å²) in [5.41, 5.74) is 7.04. The summed E-state index contributed by atoms with van der Waals surface area (Å²) in [4.78, 5) is 24.9. The lowest BCUT2D eigenvalue weighted by atomic mass is 10.1. The topological polar surface area (TPSA) is 75.4 Å². The Morgan fingerprint density at radius 3 is 2.75 bits per heavy atom. The number of rotatable bonds is 3. The fraction of sp³-hybridized carbons (Fsp3) is 0.312.